The fourth-order valence-corrected chi connectivity index (χ4v) is 6.58. The number of nitrogens with one attached hydrogen (secondary N) is 2. The van der Waals surface area contributed by atoms with Gasteiger partial charge in [-0.2, -0.15) is 13.2 Å². The van der Waals surface area contributed by atoms with E-state index in [2.05, 4.69) is 10.3 Å². The van der Waals surface area contributed by atoms with Crippen LogP contribution in [-0.2, 0) is 9.59 Å². The van der Waals surface area contributed by atoms with Crippen molar-refractivity contribution >= 4 is 22.8 Å². The fraction of sp³-hybridized carbons (Fsp3) is 0.654. The molecule has 2 aromatic rings. The Morgan fingerprint density at radius 1 is 1.19 bits per heavy atom. The monoisotopic (exact) mass is 526 g/mol. The van der Waals surface area contributed by atoms with Crippen LogP contribution in [0.4, 0.5) is 22.0 Å². The number of rotatable bonds is 8. The number of carbonyl (C=O) groups excluding carboxylic acids is 2. The second-order valence-electron chi connectivity index (χ2n) is 11.3. The van der Waals surface area contributed by atoms with Crippen LogP contribution in [0.25, 0.3) is 11.0 Å². The molecule has 3 aliphatic rings. The van der Waals surface area contributed by atoms with Crippen molar-refractivity contribution in [1.82, 2.24) is 15.3 Å². The number of nitrogens with two attached hydrogens (primary N) is 1. The number of alkyl halides is 5. The topological polar surface area (TPSA) is 101 Å². The summed E-state index contributed by atoms with van der Waals surface area (Å²) >= 11 is 0. The molecule has 1 unspecified atom stereocenters. The molecule has 0 radical (unpaired) electrons. The summed E-state index contributed by atoms with van der Waals surface area (Å²) in [6.45, 7) is 1.68. The highest BCUT2D eigenvalue weighted by molar-refractivity contribution is 5.88. The molecular weight excluding hydrogens is 495 g/mol. The minimum absolute atomic E-state index is 0.150. The fourth-order valence-electron chi connectivity index (χ4n) is 6.58. The first-order valence-corrected chi connectivity index (χ1v) is 12.8. The Kier molecular flexibility index (Phi) is 6.06. The summed E-state index contributed by atoms with van der Waals surface area (Å²) in [7, 11) is 0. The van der Waals surface area contributed by atoms with Crippen LogP contribution in [0.1, 0.15) is 88.1 Å². The van der Waals surface area contributed by atoms with E-state index in [1.165, 1.54) is 0 Å². The Morgan fingerprint density at radius 3 is 2.43 bits per heavy atom. The van der Waals surface area contributed by atoms with E-state index in [0.717, 1.165) is 12.8 Å². The average Bonchev–Trinajstić information content (AvgIpc) is 3.68. The lowest BCUT2D eigenvalue weighted by Crippen LogP contribution is -2.39. The summed E-state index contributed by atoms with van der Waals surface area (Å²) in [4.78, 5) is 32.9. The van der Waals surface area contributed by atoms with Crippen LogP contribution in [0.5, 0.6) is 0 Å². The molecule has 0 saturated heterocycles. The molecule has 37 heavy (non-hydrogen) atoms. The summed E-state index contributed by atoms with van der Waals surface area (Å²) < 4.78 is 65.2. The number of aromatic nitrogens is 2. The third kappa shape index (κ3) is 4.81. The van der Waals surface area contributed by atoms with Gasteiger partial charge in [0.05, 0.1) is 28.9 Å². The van der Waals surface area contributed by atoms with Crippen LogP contribution in [0.3, 0.4) is 0 Å². The molecule has 3 atom stereocenters. The lowest BCUT2D eigenvalue weighted by molar-refractivity contribution is -0.144. The van der Waals surface area contributed by atoms with Gasteiger partial charge in [-0.1, -0.05) is 6.07 Å². The van der Waals surface area contributed by atoms with E-state index < -0.39 is 48.2 Å². The van der Waals surface area contributed by atoms with Crippen LogP contribution in [0, 0.1) is 16.7 Å². The van der Waals surface area contributed by atoms with Gasteiger partial charge >= 0.3 is 6.18 Å². The highest BCUT2D eigenvalue weighted by Gasteiger charge is 2.80. The zero-order valence-corrected chi connectivity index (χ0v) is 20.6. The lowest BCUT2D eigenvalue weighted by Gasteiger charge is -2.37. The second-order valence-corrected chi connectivity index (χ2v) is 11.3. The molecule has 1 spiro atoms. The van der Waals surface area contributed by atoms with Gasteiger partial charge in [0.25, 0.3) is 0 Å². The van der Waals surface area contributed by atoms with Gasteiger partial charge in [-0.25, -0.2) is 13.8 Å². The molecular formula is C26H31F5N4O2. The highest BCUT2D eigenvalue weighted by Crippen LogP contribution is 2.83. The highest BCUT2D eigenvalue weighted by atomic mass is 19.4. The number of hydrogen-bond acceptors (Lipinski definition) is 3. The van der Waals surface area contributed by atoms with E-state index in [9.17, 15) is 31.5 Å². The number of fused-ring (bicyclic) bond motifs is 1. The number of primary amides is 1. The van der Waals surface area contributed by atoms with Crippen molar-refractivity contribution in [1.29, 1.82) is 0 Å². The van der Waals surface area contributed by atoms with Crippen molar-refractivity contribution in [2.24, 2.45) is 22.5 Å². The second kappa shape index (κ2) is 8.66. The van der Waals surface area contributed by atoms with Gasteiger partial charge in [-0.15, -0.1) is 0 Å². The third-order valence-corrected chi connectivity index (χ3v) is 8.83. The van der Waals surface area contributed by atoms with E-state index in [1.807, 2.05) is 0 Å². The minimum Gasteiger partial charge on any atom is -0.369 e. The molecule has 1 aromatic carbocycles. The number of imidazole rings is 1. The maximum atomic E-state index is 14.0. The number of carbonyl (C=O) groups is 2. The predicted molar refractivity (Wildman–Crippen MR) is 125 cm³/mol. The molecule has 4 N–H and O–H groups in total. The molecule has 3 aliphatic carbocycles. The standard InChI is InChI=1S/C26H31F5N4O2/c1-14(33-19(36)6-9-26(29,30)31)16-2-3-17-18(12-16)35-21(34-17)20(15-4-7-24(27,28)8-5-15)25(22(32)37)13-23(25)10-11-23/h2-3,12,14-15,20H,4-11,13H2,1H3,(H2,32,37)(H,33,36)(H,34,35)/t14-,20-,25?/m1/s1. The molecule has 2 amide bonds. The van der Waals surface area contributed by atoms with Gasteiger partial charge in [0.2, 0.25) is 17.7 Å². The first-order chi connectivity index (χ1) is 17.3. The smallest absolute Gasteiger partial charge is 0.369 e. The van der Waals surface area contributed by atoms with Crippen molar-refractivity contribution in [2.45, 2.75) is 88.8 Å². The Labute approximate surface area is 210 Å². The van der Waals surface area contributed by atoms with Crippen LogP contribution < -0.4 is 11.1 Å². The first-order valence-electron chi connectivity index (χ1n) is 12.8. The molecule has 1 aromatic heterocycles. The zero-order chi connectivity index (χ0) is 26.8. The maximum Gasteiger partial charge on any atom is 0.389 e. The van der Waals surface area contributed by atoms with E-state index >= 15 is 0 Å². The maximum absolute atomic E-state index is 14.0. The third-order valence-electron chi connectivity index (χ3n) is 8.83. The largest absolute Gasteiger partial charge is 0.389 e. The summed E-state index contributed by atoms with van der Waals surface area (Å²) in [5.41, 5.74) is 6.95. The lowest BCUT2D eigenvalue weighted by atomic mass is 9.69. The number of aromatic amines is 1. The van der Waals surface area contributed by atoms with E-state index in [-0.39, 0.29) is 42.9 Å². The molecule has 5 rings (SSSR count). The van der Waals surface area contributed by atoms with Gasteiger partial charge in [0.15, 0.2) is 0 Å². The minimum atomic E-state index is -4.40. The molecule has 1 heterocycles. The van der Waals surface area contributed by atoms with E-state index in [1.54, 1.807) is 25.1 Å². The van der Waals surface area contributed by atoms with Crippen molar-refractivity contribution in [3.8, 4) is 0 Å². The van der Waals surface area contributed by atoms with Gasteiger partial charge in [-0.05, 0) is 68.1 Å². The van der Waals surface area contributed by atoms with Gasteiger partial charge in [0.1, 0.15) is 5.82 Å². The summed E-state index contributed by atoms with van der Waals surface area (Å²) in [5, 5.41) is 2.59. The summed E-state index contributed by atoms with van der Waals surface area (Å²) in [6, 6.07) is 4.71. The number of amides is 2. The van der Waals surface area contributed by atoms with Gasteiger partial charge in [0, 0.05) is 25.2 Å². The van der Waals surface area contributed by atoms with Gasteiger partial charge < -0.3 is 16.0 Å². The average molecular weight is 527 g/mol. The van der Waals surface area contributed by atoms with E-state index in [4.69, 9.17) is 10.7 Å². The number of benzene rings is 1. The number of halogens is 5. The van der Waals surface area contributed by atoms with Gasteiger partial charge in [-0.3, -0.25) is 9.59 Å². The molecule has 0 aliphatic heterocycles. The Hall–Kier alpha value is -2.72. The Morgan fingerprint density at radius 2 is 1.86 bits per heavy atom. The molecule has 11 heteroatoms. The van der Waals surface area contributed by atoms with Crippen molar-refractivity contribution in [2.75, 3.05) is 0 Å². The van der Waals surface area contributed by atoms with Crippen LogP contribution in [0.15, 0.2) is 18.2 Å². The van der Waals surface area contributed by atoms with Crippen molar-refractivity contribution in [3.63, 3.8) is 0 Å². The van der Waals surface area contributed by atoms with Crippen LogP contribution in [0.2, 0.25) is 0 Å². The Balaban J connectivity index is 1.41. The quantitative estimate of drug-likeness (QED) is 0.388. The molecule has 0 bridgehead atoms. The predicted octanol–water partition coefficient (Wildman–Crippen LogP) is 5.65. The van der Waals surface area contributed by atoms with E-state index in [0.29, 0.717) is 28.8 Å². The molecule has 3 fully saturated rings. The normalized spacial score (nSPS) is 26.1. The number of nitrogens with zero attached hydrogens (tertiary/aromatic N) is 1. The zero-order valence-electron chi connectivity index (χ0n) is 20.6. The first kappa shape index (κ1) is 25.9. The number of hydrogen-bond donors (Lipinski definition) is 3. The van der Waals surface area contributed by atoms with Crippen molar-refractivity contribution < 1.29 is 31.5 Å². The Bertz CT molecular complexity index is 1210. The SMILES string of the molecule is C[C@@H](NC(=O)CCC(F)(F)F)c1ccc2nc([C@@H](C3CCC(F)(F)CC3)C3(C(N)=O)CC34CC4)[nH]c2c1. The molecule has 6 nitrogen and oxygen atoms in total. The van der Waals surface area contributed by atoms with Crippen LogP contribution in [-0.4, -0.2) is 33.9 Å². The van der Waals surface area contributed by atoms with Crippen molar-refractivity contribution in [3.05, 3.63) is 29.6 Å². The van der Waals surface area contributed by atoms with Crippen LogP contribution >= 0.6 is 0 Å². The summed E-state index contributed by atoms with van der Waals surface area (Å²) in [6.07, 6.45) is -3.70. The number of H-pyrrole nitrogens is 1. The molecule has 3 saturated carbocycles. The summed E-state index contributed by atoms with van der Waals surface area (Å²) in [5.74, 6) is -3.78. The molecule has 202 valence electrons.